The fraction of sp³-hybridized carbons (Fsp3) is 0.357. The number of ether oxygens (including phenoxy) is 1. The molecule has 3 nitrogen and oxygen atoms in total. The highest BCUT2D eigenvalue weighted by Crippen LogP contribution is 2.40. The van der Waals surface area contributed by atoms with Crippen molar-refractivity contribution in [1.82, 2.24) is 4.57 Å². The van der Waals surface area contributed by atoms with Crippen molar-refractivity contribution in [3.63, 3.8) is 0 Å². The molecule has 1 aliphatic rings. The average molecular weight is 229 g/mol. The summed E-state index contributed by atoms with van der Waals surface area (Å²) < 4.78 is 7.26. The summed E-state index contributed by atoms with van der Waals surface area (Å²) in [7, 11) is 1.79. The van der Waals surface area contributed by atoms with Crippen LogP contribution < -0.4 is 10.3 Å². The molecule has 0 fully saturated rings. The van der Waals surface area contributed by atoms with Crippen molar-refractivity contribution in [2.75, 3.05) is 6.61 Å². The van der Waals surface area contributed by atoms with Gasteiger partial charge in [-0.15, -0.1) is 0 Å². The van der Waals surface area contributed by atoms with Crippen LogP contribution in [0.1, 0.15) is 19.4 Å². The fourth-order valence-corrected chi connectivity index (χ4v) is 2.60. The highest BCUT2D eigenvalue weighted by Gasteiger charge is 2.36. The van der Waals surface area contributed by atoms with Gasteiger partial charge in [-0.05, 0) is 6.07 Å². The Bertz CT molecular complexity index is 668. The number of benzene rings is 1. The van der Waals surface area contributed by atoms with Crippen LogP contribution in [-0.4, -0.2) is 11.2 Å². The summed E-state index contributed by atoms with van der Waals surface area (Å²) in [6, 6.07) is 7.99. The standard InChI is InChI=1S/C14H15NO2/c1-14(2)8-17-12-11(14)9-6-4-5-7-10(9)15(3)13(12)16/h4-7H,8H2,1-3H3. The molecule has 1 aromatic heterocycles. The molecule has 0 unspecified atom stereocenters. The van der Waals surface area contributed by atoms with Gasteiger partial charge in [-0.3, -0.25) is 4.79 Å². The van der Waals surface area contributed by atoms with E-state index < -0.39 is 0 Å². The molecule has 17 heavy (non-hydrogen) atoms. The Morgan fingerprint density at radius 1 is 1.29 bits per heavy atom. The highest BCUT2D eigenvalue weighted by atomic mass is 16.5. The molecule has 0 saturated heterocycles. The van der Waals surface area contributed by atoms with E-state index in [1.165, 1.54) is 0 Å². The first-order chi connectivity index (χ1) is 8.02. The molecule has 3 rings (SSSR count). The number of nitrogens with zero attached hydrogens (tertiary/aromatic N) is 1. The van der Waals surface area contributed by atoms with E-state index in [-0.39, 0.29) is 11.0 Å². The Morgan fingerprint density at radius 3 is 2.76 bits per heavy atom. The summed E-state index contributed by atoms with van der Waals surface area (Å²) >= 11 is 0. The van der Waals surface area contributed by atoms with E-state index in [1.54, 1.807) is 11.6 Å². The number of hydrogen-bond acceptors (Lipinski definition) is 2. The normalized spacial score (nSPS) is 16.9. The van der Waals surface area contributed by atoms with Crippen molar-refractivity contribution in [1.29, 1.82) is 0 Å². The topological polar surface area (TPSA) is 31.2 Å². The molecule has 3 heteroatoms. The Labute approximate surface area is 99.6 Å². The summed E-state index contributed by atoms with van der Waals surface area (Å²) in [6.45, 7) is 4.81. The third kappa shape index (κ3) is 1.25. The summed E-state index contributed by atoms with van der Waals surface area (Å²) in [5, 5.41) is 1.12. The molecule has 0 radical (unpaired) electrons. The van der Waals surface area contributed by atoms with E-state index in [0.29, 0.717) is 12.4 Å². The van der Waals surface area contributed by atoms with Crippen LogP contribution in [0.5, 0.6) is 5.75 Å². The molecule has 1 aromatic carbocycles. The maximum absolute atomic E-state index is 12.2. The second kappa shape index (κ2) is 3.13. The van der Waals surface area contributed by atoms with Gasteiger partial charge >= 0.3 is 0 Å². The minimum Gasteiger partial charge on any atom is -0.487 e. The molecular weight excluding hydrogens is 214 g/mol. The van der Waals surface area contributed by atoms with Crippen LogP contribution in [0.2, 0.25) is 0 Å². The Hall–Kier alpha value is -1.77. The van der Waals surface area contributed by atoms with Gasteiger partial charge in [-0.2, -0.15) is 0 Å². The highest BCUT2D eigenvalue weighted by molar-refractivity contribution is 5.86. The summed E-state index contributed by atoms with van der Waals surface area (Å²) in [6.07, 6.45) is 0. The third-order valence-corrected chi connectivity index (χ3v) is 3.51. The predicted molar refractivity (Wildman–Crippen MR) is 67.7 cm³/mol. The smallest absolute Gasteiger partial charge is 0.293 e. The number of aryl methyl sites for hydroxylation is 1. The first-order valence-corrected chi connectivity index (χ1v) is 5.77. The molecule has 0 bridgehead atoms. The van der Waals surface area contributed by atoms with Gasteiger partial charge in [0, 0.05) is 23.4 Å². The molecule has 0 N–H and O–H groups in total. The zero-order valence-corrected chi connectivity index (χ0v) is 10.3. The van der Waals surface area contributed by atoms with E-state index in [0.717, 1.165) is 16.5 Å². The molecule has 2 heterocycles. The van der Waals surface area contributed by atoms with E-state index >= 15 is 0 Å². The van der Waals surface area contributed by atoms with Crippen molar-refractivity contribution in [3.05, 3.63) is 40.2 Å². The van der Waals surface area contributed by atoms with E-state index in [9.17, 15) is 4.79 Å². The van der Waals surface area contributed by atoms with Crippen LogP contribution >= 0.6 is 0 Å². The molecular formula is C14H15NO2. The van der Waals surface area contributed by atoms with Crippen LogP contribution in [0.15, 0.2) is 29.1 Å². The lowest BCUT2D eigenvalue weighted by Gasteiger charge is -2.18. The zero-order valence-electron chi connectivity index (χ0n) is 10.3. The first kappa shape index (κ1) is 10.4. The molecule has 0 aliphatic carbocycles. The number of rotatable bonds is 0. The van der Waals surface area contributed by atoms with Crippen molar-refractivity contribution in [3.8, 4) is 5.75 Å². The van der Waals surface area contributed by atoms with Crippen LogP contribution in [-0.2, 0) is 12.5 Å². The summed E-state index contributed by atoms with van der Waals surface area (Å²) in [5.41, 5.74) is 1.89. The molecule has 0 spiro atoms. The Balaban J connectivity index is 2.57. The lowest BCUT2D eigenvalue weighted by atomic mass is 9.85. The second-order valence-corrected chi connectivity index (χ2v) is 5.26. The predicted octanol–water partition coefficient (Wildman–Crippen LogP) is 2.21. The average Bonchev–Trinajstić information content (AvgIpc) is 2.62. The van der Waals surface area contributed by atoms with Gasteiger partial charge in [0.1, 0.15) is 0 Å². The number of para-hydroxylation sites is 1. The van der Waals surface area contributed by atoms with Crippen molar-refractivity contribution in [2.24, 2.45) is 7.05 Å². The van der Waals surface area contributed by atoms with Crippen molar-refractivity contribution in [2.45, 2.75) is 19.3 Å². The number of hydrogen-bond donors (Lipinski definition) is 0. The molecule has 88 valence electrons. The minimum absolute atomic E-state index is 0.0377. The van der Waals surface area contributed by atoms with E-state index in [2.05, 4.69) is 19.9 Å². The lowest BCUT2D eigenvalue weighted by molar-refractivity contribution is 0.288. The minimum atomic E-state index is -0.0949. The maximum Gasteiger partial charge on any atom is 0.293 e. The molecule has 1 aliphatic heterocycles. The Kier molecular flexibility index (Phi) is 1.91. The van der Waals surface area contributed by atoms with Gasteiger partial charge in [-0.25, -0.2) is 0 Å². The summed E-state index contributed by atoms with van der Waals surface area (Å²) in [4.78, 5) is 12.2. The third-order valence-electron chi connectivity index (χ3n) is 3.51. The van der Waals surface area contributed by atoms with E-state index in [1.807, 2.05) is 18.2 Å². The molecule has 0 atom stereocenters. The quantitative estimate of drug-likeness (QED) is 0.693. The van der Waals surface area contributed by atoms with Crippen molar-refractivity contribution < 1.29 is 4.74 Å². The van der Waals surface area contributed by atoms with Gasteiger partial charge in [-0.1, -0.05) is 32.0 Å². The monoisotopic (exact) mass is 229 g/mol. The first-order valence-electron chi connectivity index (χ1n) is 5.77. The van der Waals surface area contributed by atoms with Gasteiger partial charge in [0.15, 0.2) is 5.75 Å². The van der Waals surface area contributed by atoms with E-state index in [4.69, 9.17) is 4.74 Å². The number of fused-ring (bicyclic) bond motifs is 3. The van der Waals surface area contributed by atoms with Crippen LogP contribution in [0.4, 0.5) is 0 Å². The second-order valence-electron chi connectivity index (χ2n) is 5.26. The van der Waals surface area contributed by atoms with Crippen LogP contribution in [0.3, 0.4) is 0 Å². The molecule has 2 aromatic rings. The fourth-order valence-electron chi connectivity index (χ4n) is 2.60. The van der Waals surface area contributed by atoms with Gasteiger partial charge < -0.3 is 9.30 Å². The largest absolute Gasteiger partial charge is 0.487 e. The summed E-state index contributed by atoms with van der Waals surface area (Å²) in [5.74, 6) is 0.524. The Morgan fingerprint density at radius 2 is 2.00 bits per heavy atom. The van der Waals surface area contributed by atoms with Gasteiger partial charge in [0.05, 0.1) is 12.1 Å². The zero-order chi connectivity index (χ0) is 12.2. The SMILES string of the molecule is Cn1c(=O)c2c(c3ccccc31)C(C)(C)CO2. The van der Waals surface area contributed by atoms with Crippen LogP contribution in [0, 0.1) is 0 Å². The van der Waals surface area contributed by atoms with Crippen molar-refractivity contribution >= 4 is 10.9 Å². The van der Waals surface area contributed by atoms with Crippen LogP contribution in [0.25, 0.3) is 10.9 Å². The number of aromatic nitrogens is 1. The molecule has 0 saturated carbocycles. The van der Waals surface area contributed by atoms with Gasteiger partial charge in [0.2, 0.25) is 0 Å². The number of pyridine rings is 1. The lowest BCUT2D eigenvalue weighted by Crippen LogP contribution is -2.21. The molecule has 0 amide bonds. The maximum atomic E-state index is 12.2. The van der Waals surface area contributed by atoms with Gasteiger partial charge in [0.25, 0.3) is 5.56 Å².